The molecule has 0 unspecified atom stereocenters. The van der Waals surface area contributed by atoms with Gasteiger partial charge in [-0.15, -0.1) is 0 Å². The molecule has 0 saturated carbocycles. The van der Waals surface area contributed by atoms with E-state index in [2.05, 4.69) is 0 Å². The van der Waals surface area contributed by atoms with E-state index in [4.69, 9.17) is 16.3 Å². The Balaban J connectivity index is 2.25. The number of ether oxygens (including phenoxy) is 1. The van der Waals surface area contributed by atoms with E-state index in [0.717, 1.165) is 11.6 Å². The molecular weight excluding hydrogens is 288 g/mol. The second kappa shape index (κ2) is 6.95. The van der Waals surface area contributed by atoms with Gasteiger partial charge in [-0.3, -0.25) is 4.79 Å². The van der Waals surface area contributed by atoms with E-state index < -0.39 is 0 Å². The Bertz CT molecular complexity index is 663. The molecule has 0 heterocycles. The number of ketones is 1. The molecule has 0 bridgehead atoms. The number of carbonyl (C=O) groups excluding carboxylic acids is 1. The number of halogens is 1. The van der Waals surface area contributed by atoms with Gasteiger partial charge in [0.25, 0.3) is 0 Å². The molecule has 1 N–H and O–H groups in total. The van der Waals surface area contributed by atoms with E-state index >= 15 is 0 Å². The number of hydrogen-bond acceptors (Lipinski definition) is 3. The Morgan fingerprint density at radius 3 is 2.62 bits per heavy atom. The molecule has 0 saturated heterocycles. The van der Waals surface area contributed by atoms with E-state index in [1.54, 1.807) is 18.2 Å². The quantitative estimate of drug-likeness (QED) is 0.657. The van der Waals surface area contributed by atoms with Gasteiger partial charge >= 0.3 is 0 Å². The molecule has 0 fully saturated rings. The van der Waals surface area contributed by atoms with Crippen LogP contribution in [0.3, 0.4) is 0 Å². The van der Waals surface area contributed by atoms with Gasteiger partial charge in [-0.1, -0.05) is 41.9 Å². The van der Waals surface area contributed by atoms with Crippen LogP contribution >= 0.6 is 11.6 Å². The second-order valence-corrected chi connectivity index (χ2v) is 4.99. The van der Waals surface area contributed by atoms with Crippen molar-refractivity contribution < 1.29 is 14.6 Å². The molecule has 0 amide bonds. The first-order valence-corrected chi connectivity index (χ1v) is 6.82. The fourth-order valence-corrected chi connectivity index (χ4v) is 2.01. The van der Waals surface area contributed by atoms with Gasteiger partial charge in [0.2, 0.25) is 0 Å². The zero-order valence-electron chi connectivity index (χ0n) is 11.5. The van der Waals surface area contributed by atoms with Crippen LogP contribution in [0.15, 0.2) is 54.6 Å². The zero-order chi connectivity index (χ0) is 15.2. The maximum absolute atomic E-state index is 11.1. The number of aliphatic hydroxyl groups is 1. The van der Waals surface area contributed by atoms with Crippen molar-refractivity contribution in [2.24, 2.45) is 0 Å². The van der Waals surface area contributed by atoms with E-state index in [1.807, 2.05) is 30.3 Å². The molecular formula is C17H15ClO3. The normalized spacial score (nSPS) is 11.2. The summed E-state index contributed by atoms with van der Waals surface area (Å²) in [7, 11) is 0. The number of carbonyl (C=O) groups is 1. The lowest BCUT2D eigenvalue weighted by atomic mass is 10.1. The lowest BCUT2D eigenvalue weighted by Gasteiger charge is -2.11. The summed E-state index contributed by atoms with van der Waals surface area (Å²) >= 11 is 5.94. The standard InChI is InChI=1S/C17H15ClO3/c1-12(19)9-16(20)15-10-14(18)7-8-17(15)21-11-13-5-3-2-4-6-13/h2-10,20H,11H2,1H3. The average Bonchev–Trinajstić information content (AvgIpc) is 2.46. The van der Waals surface area contributed by atoms with Gasteiger partial charge < -0.3 is 9.84 Å². The number of benzene rings is 2. The number of aliphatic hydroxyl groups excluding tert-OH is 1. The first-order chi connectivity index (χ1) is 10.1. The lowest BCUT2D eigenvalue weighted by Crippen LogP contribution is -1.99. The molecule has 4 heteroatoms. The van der Waals surface area contributed by atoms with Crippen LogP contribution in [0.4, 0.5) is 0 Å². The molecule has 0 aliphatic carbocycles. The first-order valence-electron chi connectivity index (χ1n) is 6.44. The molecule has 0 radical (unpaired) electrons. The summed E-state index contributed by atoms with van der Waals surface area (Å²) in [5.41, 5.74) is 1.40. The highest BCUT2D eigenvalue weighted by molar-refractivity contribution is 6.30. The monoisotopic (exact) mass is 302 g/mol. The smallest absolute Gasteiger partial charge is 0.156 e. The fourth-order valence-electron chi connectivity index (χ4n) is 1.83. The molecule has 0 aliphatic rings. The lowest BCUT2D eigenvalue weighted by molar-refractivity contribution is -0.112. The van der Waals surface area contributed by atoms with Crippen molar-refractivity contribution in [2.45, 2.75) is 13.5 Å². The summed E-state index contributed by atoms with van der Waals surface area (Å²) in [6.45, 7) is 1.73. The molecule has 108 valence electrons. The molecule has 2 aromatic rings. The third-order valence-electron chi connectivity index (χ3n) is 2.79. The number of rotatable bonds is 5. The second-order valence-electron chi connectivity index (χ2n) is 4.55. The molecule has 0 spiro atoms. The van der Waals surface area contributed by atoms with Crippen LogP contribution < -0.4 is 4.74 Å². The molecule has 0 aliphatic heterocycles. The molecule has 2 aromatic carbocycles. The first kappa shape index (κ1) is 15.1. The van der Waals surface area contributed by atoms with Crippen molar-refractivity contribution in [3.8, 4) is 5.75 Å². The van der Waals surface area contributed by atoms with Gasteiger partial charge in [-0.2, -0.15) is 0 Å². The summed E-state index contributed by atoms with van der Waals surface area (Å²) < 4.78 is 5.71. The van der Waals surface area contributed by atoms with Crippen LogP contribution in [0.25, 0.3) is 5.76 Å². The number of allylic oxidation sites excluding steroid dienone is 1. The molecule has 0 aromatic heterocycles. The van der Waals surface area contributed by atoms with Crippen molar-refractivity contribution >= 4 is 23.1 Å². The third kappa shape index (κ3) is 4.36. The van der Waals surface area contributed by atoms with Gasteiger partial charge in [0, 0.05) is 11.1 Å². The van der Waals surface area contributed by atoms with Gasteiger partial charge in [0.15, 0.2) is 5.78 Å². The van der Waals surface area contributed by atoms with Crippen molar-refractivity contribution in [1.29, 1.82) is 0 Å². The van der Waals surface area contributed by atoms with Crippen LogP contribution in [0.2, 0.25) is 5.02 Å². The van der Waals surface area contributed by atoms with Gasteiger partial charge in [-0.05, 0) is 30.7 Å². The van der Waals surface area contributed by atoms with Gasteiger partial charge in [0.1, 0.15) is 18.1 Å². The van der Waals surface area contributed by atoms with Crippen LogP contribution in [0.1, 0.15) is 18.1 Å². The topological polar surface area (TPSA) is 46.5 Å². The predicted octanol–water partition coefficient (Wildman–Crippen LogP) is 4.41. The van der Waals surface area contributed by atoms with E-state index in [1.165, 1.54) is 6.92 Å². The Morgan fingerprint density at radius 2 is 1.95 bits per heavy atom. The largest absolute Gasteiger partial charge is 0.507 e. The predicted molar refractivity (Wildman–Crippen MR) is 83.5 cm³/mol. The highest BCUT2D eigenvalue weighted by atomic mass is 35.5. The van der Waals surface area contributed by atoms with Crippen molar-refractivity contribution in [2.75, 3.05) is 0 Å². The Hall–Kier alpha value is -2.26. The van der Waals surface area contributed by atoms with Crippen LogP contribution in [0.5, 0.6) is 5.75 Å². The fraction of sp³-hybridized carbons (Fsp3) is 0.118. The zero-order valence-corrected chi connectivity index (χ0v) is 12.3. The summed E-state index contributed by atoms with van der Waals surface area (Å²) in [5, 5.41) is 10.5. The molecule has 0 atom stereocenters. The Morgan fingerprint density at radius 1 is 1.24 bits per heavy atom. The third-order valence-corrected chi connectivity index (χ3v) is 3.03. The Labute approximate surface area is 128 Å². The maximum Gasteiger partial charge on any atom is 0.156 e. The van der Waals surface area contributed by atoms with E-state index in [-0.39, 0.29) is 11.5 Å². The average molecular weight is 303 g/mol. The van der Waals surface area contributed by atoms with Crippen molar-refractivity contribution in [3.05, 3.63) is 70.8 Å². The van der Waals surface area contributed by atoms with E-state index in [0.29, 0.717) is 22.9 Å². The molecule has 21 heavy (non-hydrogen) atoms. The van der Waals surface area contributed by atoms with Crippen LogP contribution in [0, 0.1) is 0 Å². The molecule has 2 rings (SSSR count). The van der Waals surface area contributed by atoms with Crippen molar-refractivity contribution in [3.63, 3.8) is 0 Å². The molecule has 3 nitrogen and oxygen atoms in total. The minimum Gasteiger partial charge on any atom is -0.507 e. The summed E-state index contributed by atoms with van der Waals surface area (Å²) in [4.78, 5) is 11.1. The van der Waals surface area contributed by atoms with Gasteiger partial charge in [0.05, 0.1) is 5.56 Å². The Kier molecular flexibility index (Phi) is 5.01. The van der Waals surface area contributed by atoms with Gasteiger partial charge in [-0.25, -0.2) is 0 Å². The van der Waals surface area contributed by atoms with Crippen LogP contribution in [-0.2, 0) is 11.4 Å². The summed E-state index contributed by atoms with van der Waals surface area (Å²) in [6.07, 6.45) is 1.14. The summed E-state index contributed by atoms with van der Waals surface area (Å²) in [5.74, 6) is 0.0628. The minimum atomic E-state index is -0.249. The van der Waals surface area contributed by atoms with Crippen LogP contribution in [-0.4, -0.2) is 10.9 Å². The summed E-state index contributed by atoms with van der Waals surface area (Å²) in [6, 6.07) is 14.6. The highest BCUT2D eigenvalue weighted by Crippen LogP contribution is 2.28. The minimum absolute atomic E-state index is 0.159. The highest BCUT2D eigenvalue weighted by Gasteiger charge is 2.10. The number of hydrogen-bond donors (Lipinski definition) is 1. The van der Waals surface area contributed by atoms with Crippen molar-refractivity contribution in [1.82, 2.24) is 0 Å². The maximum atomic E-state index is 11.1. The SMILES string of the molecule is CC(=O)C=C(O)c1cc(Cl)ccc1OCc1ccccc1. The van der Waals surface area contributed by atoms with E-state index in [9.17, 15) is 9.90 Å².